The summed E-state index contributed by atoms with van der Waals surface area (Å²) in [7, 11) is 0. The van der Waals surface area contributed by atoms with Crippen LogP contribution < -0.4 is 10.5 Å². The number of carbonyl (C=O) groups excluding carboxylic acids is 1. The number of hydrogen-bond acceptors (Lipinski definition) is 6. The second-order valence-corrected chi connectivity index (χ2v) is 10.6. The Morgan fingerprint density at radius 1 is 1.05 bits per heavy atom. The molecule has 2 N–H and O–H groups in total. The summed E-state index contributed by atoms with van der Waals surface area (Å²) in [5, 5.41) is 0.776. The van der Waals surface area contributed by atoms with Crippen LogP contribution in [0.4, 0.5) is 10.6 Å². The van der Waals surface area contributed by atoms with Gasteiger partial charge in [0, 0.05) is 18.7 Å². The molecule has 1 fully saturated rings. The maximum Gasteiger partial charge on any atom is 0.410 e. The van der Waals surface area contributed by atoms with Crippen molar-refractivity contribution in [2.24, 2.45) is 0 Å². The number of aromatic nitrogens is 3. The van der Waals surface area contributed by atoms with Crippen LogP contribution in [0.15, 0.2) is 67.5 Å². The lowest BCUT2D eigenvalue weighted by atomic mass is 9.99. The summed E-state index contributed by atoms with van der Waals surface area (Å²) in [5.41, 5.74) is 10.3. The van der Waals surface area contributed by atoms with Crippen LogP contribution in [0.1, 0.15) is 45.9 Å². The minimum absolute atomic E-state index is 0.0135. The molecule has 8 nitrogen and oxygen atoms in total. The molecule has 8 heteroatoms. The minimum Gasteiger partial charge on any atom is -0.457 e. The first kappa shape index (κ1) is 25.3. The van der Waals surface area contributed by atoms with E-state index < -0.39 is 5.60 Å². The molecule has 0 saturated carbocycles. The zero-order valence-electron chi connectivity index (χ0n) is 22.3. The molecule has 0 bridgehead atoms. The van der Waals surface area contributed by atoms with Gasteiger partial charge in [0.2, 0.25) is 0 Å². The van der Waals surface area contributed by atoms with Crippen molar-refractivity contribution < 1.29 is 14.3 Å². The Hall–Kier alpha value is -4.33. The molecular formula is C30H33N5O3. The van der Waals surface area contributed by atoms with Gasteiger partial charge in [0.25, 0.3) is 0 Å². The van der Waals surface area contributed by atoms with E-state index in [4.69, 9.17) is 15.2 Å². The number of amides is 1. The number of para-hydroxylation sites is 1. The van der Waals surface area contributed by atoms with Gasteiger partial charge in [-0.25, -0.2) is 14.8 Å². The van der Waals surface area contributed by atoms with E-state index in [-0.39, 0.29) is 12.1 Å². The Balaban J connectivity index is 1.56. The molecule has 1 aliphatic heterocycles. The van der Waals surface area contributed by atoms with Crippen molar-refractivity contribution in [3.63, 3.8) is 0 Å². The largest absolute Gasteiger partial charge is 0.457 e. The molecular weight excluding hydrogens is 478 g/mol. The van der Waals surface area contributed by atoms with Crippen LogP contribution in [0.25, 0.3) is 27.7 Å². The van der Waals surface area contributed by atoms with Gasteiger partial charge >= 0.3 is 6.09 Å². The average molecular weight is 512 g/mol. The zero-order chi connectivity index (χ0) is 27.0. The first-order chi connectivity index (χ1) is 18.1. The fourth-order valence-corrected chi connectivity index (χ4v) is 4.97. The summed E-state index contributed by atoms with van der Waals surface area (Å²) in [5.74, 6) is 1.90. The maximum atomic E-state index is 12.8. The highest BCUT2D eigenvalue weighted by Gasteiger charge is 2.34. The molecule has 4 aromatic rings. The van der Waals surface area contributed by atoms with Gasteiger partial charge in [0.1, 0.15) is 34.9 Å². The Labute approximate surface area is 222 Å². The standard InChI is InChI=1S/C30H33N5O3/c1-19(2)26-24(20-11-13-23(14-12-20)37-22-9-7-6-8-10-22)25-27(31)32-18-33-28(25)35(26)21-15-16-34(17-21)29(36)38-30(3,4)5/h6-14,18,21H,1,15-17H2,2-5H3,(H2,31,32,33). The first-order valence-electron chi connectivity index (χ1n) is 12.7. The fraction of sp³-hybridized carbons (Fsp3) is 0.300. The van der Waals surface area contributed by atoms with Gasteiger partial charge in [-0.1, -0.05) is 36.9 Å². The molecule has 5 rings (SSSR count). The van der Waals surface area contributed by atoms with Crippen molar-refractivity contribution in [1.29, 1.82) is 0 Å². The third kappa shape index (κ3) is 4.94. The summed E-state index contributed by atoms with van der Waals surface area (Å²) in [6.45, 7) is 13.0. The molecule has 3 heterocycles. The monoisotopic (exact) mass is 511 g/mol. The van der Waals surface area contributed by atoms with E-state index in [1.165, 1.54) is 6.33 Å². The number of fused-ring (bicyclic) bond motifs is 1. The second-order valence-electron chi connectivity index (χ2n) is 10.6. The SMILES string of the molecule is C=C(C)c1c(-c2ccc(Oc3ccccc3)cc2)c2c(N)ncnc2n1C1CCN(C(=O)OC(C)(C)C)C1. The third-order valence-electron chi connectivity index (χ3n) is 6.52. The highest BCUT2D eigenvalue weighted by molar-refractivity contribution is 6.05. The van der Waals surface area contributed by atoms with Gasteiger partial charge in [-0.05, 0) is 69.5 Å². The lowest BCUT2D eigenvalue weighted by Gasteiger charge is -2.25. The van der Waals surface area contributed by atoms with Crippen molar-refractivity contribution >= 4 is 28.5 Å². The molecule has 1 aliphatic rings. The van der Waals surface area contributed by atoms with Crippen LogP contribution in [-0.4, -0.2) is 44.2 Å². The van der Waals surface area contributed by atoms with Crippen LogP contribution in [0, 0.1) is 0 Å². The quantitative estimate of drug-likeness (QED) is 0.321. The maximum absolute atomic E-state index is 12.8. The first-order valence-corrected chi connectivity index (χ1v) is 12.7. The number of nitrogens with two attached hydrogens (primary N) is 1. The number of allylic oxidation sites excluding steroid dienone is 1. The highest BCUT2D eigenvalue weighted by atomic mass is 16.6. The number of benzene rings is 2. The molecule has 1 unspecified atom stereocenters. The Morgan fingerprint density at radius 2 is 1.74 bits per heavy atom. The lowest BCUT2D eigenvalue weighted by molar-refractivity contribution is 0.0289. The molecule has 1 saturated heterocycles. The van der Waals surface area contributed by atoms with Gasteiger partial charge in [0.05, 0.1) is 17.1 Å². The van der Waals surface area contributed by atoms with Gasteiger partial charge < -0.3 is 24.7 Å². The van der Waals surface area contributed by atoms with Crippen LogP contribution >= 0.6 is 0 Å². The van der Waals surface area contributed by atoms with Crippen LogP contribution in [-0.2, 0) is 4.74 Å². The molecule has 2 aromatic carbocycles. The average Bonchev–Trinajstić information content (AvgIpc) is 3.48. The topological polar surface area (TPSA) is 95.5 Å². The number of likely N-dealkylation sites (tertiary alicyclic amines) is 1. The van der Waals surface area contributed by atoms with E-state index in [9.17, 15) is 4.79 Å². The number of carbonyl (C=O) groups is 1. The van der Waals surface area contributed by atoms with Crippen molar-refractivity contribution in [1.82, 2.24) is 19.4 Å². The predicted octanol–water partition coefficient (Wildman–Crippen LogP) is 6.69. The van der Waals surface area contributed by atoms with Gasteiger partial charge in [-0.3, -0.25) is 0 Å². The molecule has 0 radical (unpaired) electrons. The van der Waals surface area contributed by atoms with E-state index in [0.717, 1.165) is 51.3 Å². The number of nitrogen functional groups attached to an aromatic ring is 1. The summed E-state index contributed by atoms with van der Waals surface area (Å²) in [4.78, 5) is 23.5. The molecule has 196 valence electrons. The van der Waals surface area contributed by atoms with Crippen molar-refractivity contribution in [3.8, 4) is 22.6 Å². The number of nitrogens with zero attached hydrogens (tertiary/aromatic N) is 4. The van der Waals surface area contributed by atoms with Gasteiger partial charge in [-0.15, -0.1) is 0 Å². The Morgan fingerprint density at radius 3 is 2.39 bits per heavy atom. The van der Waals surface area contributed by atoms with E-state index in [0.29, 0.717) is 18.9 Å². The number of ether oxygens (including phenoxy) is 2. The molecule has 1 amide bonds. The summed E-state index contributed by atoms with van der Waals surface area (Å²) >= 11 is 0. The van der Waals surface area contributed by atoms with Gasteiger partial charge in [-0.2, -0.15) is 0 Å². The van der Waals surface area contributed by atoms with Crippen molar-refractivity contribution in [2.45, 2.75) is 45.8 Å². The fourth-order valence-electron chi connectivity index (χ4n) is 4.97. The smallest absolute Gasteiger partial charge is 0.410 e. The number of anilines is 1. The third-order valence-corrected chi connectivity index (χ3v) is 6.52. The second kappa shape index (κ2) is 9.85. The summed E-state index contributed by atoms with van der Waals surface area (Å²) < 4.78 is 13.8. The number of rotatable bonds is 5. The van der Waals surface area contributed by atoms with Crippen LogP contribution in [0.5, 0.6) is 11.5 Å². The van der Waals surface area contributed by atoms with Crippen LogP contribution in [0.2, 0.25) is 0 Å². The van der Waals surface area contributed by atoms with Crippen molar-refractivity contribution in [2.75, 3.05) is 18.8 Å². The zero-order valence-corrected chi connectivity index (χ0v) is 22.3. The summed E-state index contributed by atoms with van der Waals surface area (Å²) in [6.07, 6.45) is 1.94. The van der Waals surface area contributed by atoms with E-state index in [1.807, 2.05) is 82.3 Å². The number of hydrogen-bond donors (Lipinski definition) is 1. The predicted molar refractivity (Wildman–Crippen MR) is 150 cm³/mol. The van der Waals surface area contributed by atoms with Gasteiger partial charge in [0.15, 0.2) is 0 Å². The lowest BCUT2D eigenvalue weighted by Crippen LogP contribution is -2.35. The molecule has 1 atom stereocenters. The van der Waals surface area contributed by atoms with Crippen molar-refractivity contribution in [3.05, 3.63) is 73.2 Å². The Kier molecular flexibility index (Phi) is 6.57. The molecule has 0 aliphatic carbocycles. The molecule has 0 spiro atoms. The Bertz CT molecular complexity index is 1490. The van der Waals surface area contributed by atoms with E-state index >= 15 is 0 Å². The highest BCUT2D eigenvalue weighted by Crippen LogP contribution is 2.43. The molecule has 2 aromatic heterocycles. The minimum atomic E-state index is -0.552. The van der Waals surface area contributed by atoms with Crippen LogP contribution in [0.3, 0.4) is 0 Å². The summed E-state index contributed by atoms with van der Waals surface area (Å²) in [6, 6.07) is 17.5. The molecule has 38 heavy (non-hydrogen) atoms. The normalized spacial score (nSPS) is 15.6. The van der Waals surface area contributed by atoms with E-state index in [2.05, 4.69) is 21.1 Å². The van der Waals surface area contributed by atoms with E-state index in [1.54, 1.807) is 4.90 Å².